The Kier molecular flexibility index (Phi) is 7.79. The maximum absolute atomic E-state index is 13.7. The Hall–Kier alpha value is -2.17. The van der Waals surface area contributed by atoms with Crippen molar-refractivity contribution in [2.24, 2.45) is 5.92 Å². The summed E-state index contributed by atoms with van der Waals surface area (Å²) < 4.78 is 39.8. The first-order valence-corrected chi connectivity index (χ1v) is 13.2. The number of halogens is 1. The standard InChI is InChI=1S/C24H29ClN2O6S/c1-3-31-24(28)18-7-5-13-27(15-18)34(29,30)22-16-32-26(2)23(22)17-6-4-8-21(14-17)33-20-11-9-19(25)10-12-20/h4,6,8-12,14,18,22-23H,3,5,7,13,15-16H2,1-2H3/t18-,22+,23-/m1/s1. The molecule has 184 valence electrons. The van der Waals surface area contributed by atoms with Crippen molar-refractivity contribution in [1.82, 2.24) is 9.37 Å². The average molecular weight is 509 g/mol. The predicted molar refractivity (Wildman–Crippen MR) is 128 cm³/mol. The summed E-state index contributed by atoms with van der Waals surface area (Å²) in [7, 11) is -2.02. The lowest BCUT2D eigenvalue weighted by molar-refractivity contribution is -0.149. The van der Waals surface area contributed by atoms with Crippen LogP contribution in [0.4, 0.5) is 0 Å². The molecule has 2 saturated heterocycles. The molecule has 2 aromatic carbocycles. The van der Waals surface area contributed by atoms with E-state index < -0.39 is 27.2 Å². The molecular formula is C24H29ClN2O6S. The van der Waals surface area contributed by atoms with Crippen molar-refractivity contribution in [3.05, 3.63) is 59.1 Å². The first kappa shape index (κ1) is 24.9. The van der Waals surface area contributed by atoms with E-state index in [0.717, 1.165) is 5.56 Å². The van der Waals surface area contributed by atoms with Crippen molar-refractivity contribution >= 4 is 27.6 Å². The van der Waals surface area contributed by atoms with Gasteiger partial charge in [-0.1, -0.05) is 23.7 Å². The molecule has 8 nitrogen and oxygen atoms in total. The van der Waals surface area contributed by atoms with Gasteiger partial charge < -0.3 is 9.47 Å². The number of rotatable bonds is 7. The number of ether oxygens (including phenoxy) is 2. The average Bonchev–Trinajstić information content (AvgIpc) is 3.23. The van der Waals surface area contributed by atoms with Gasteiger partial charge >= 0.3 is 5.97 Å². The molecule has 0 bridgehead atoms. The molecule has 2 heterocycles. The molecule has 3 atom stereocenters. The number of hydrogen-bond donors (Lipinski definition) is 0. The van der Waals surface area contributed by atoms with Crippen LogP contribution in [-0.2, 0) is 24.4 Å². The van der Waals surface area contributed by atoms with Gasteiger partial charge in [-0.15, -0.1) is 0 Å². The molecule has 34 heavy (non-hydrogen) atoms. The van der Waals surface area contributed by atoms with Crippen molar-refractivity contribution in [3.8, 4) is 11.5 Å². The number of nitrogens with zero attached hydrogens (tertiary/aromatic N) is 2. The van der Waals surface area contributed by atoms with Crippen molar-refractivity contribution in [3.63, 3.8) is 0 Å². The van der Waals surface area contributed by atoms with Gasteiger partial charge in [-0.3, -0.25) is 9.63 Å². The largest absolute Gasteiger partial charge is 0.466 e. The third kappa shape index (κ3) is 5.39. The highest BCUT2D eigenvalue weighted by Gasteiger charge is 2.47. The third-order valence-electron chi connectivity index (χ3n) is 6.18. The topological polar surface area (TPSA) is 85.4 Å². The molecule has 0 aliphatic carbocycles. The molecule has 10 heteroatoms. The predicted octanol–water partition coefficient (Wildman–Crippen LogP) is 4.02. The molecule has 0 N–H and O–H groups in total. The van der Waals surface area contributed by atoms with Gasteiger partial charge in [0, 0.05) is 25.2 Å². The molecule has 2 fully saturated rings. The molecule has 0 saturated carbocycles. The van der Waals surface area contributed by atoms with Gasteiger partial charge in [0.15, 0.2) is 0 Å². The summed E-state index contributed by atoms with van der Waals surface area (Å²) in [6.07, 6.45) is 1.24. The van der Waals surface area contributed by atoms with Gasteiger partial charge in [-0.2, -0.15) is 5.06 Å². The Morgan fingerprint density at radius 3 is 2.68 bits per heavy atom. The number of esters is 1. The summed E-state index contributed by atoms with van der Waals surface area (Å²) in [5.41, 5.74) is 0.763. The number of sulfonamides is 1. The fourth-order valence-corrected chi connectivity index (χ4v) is 6.66. The van der Waals surface area contributed by atoms with Crippen LogP contribution in [0.25, 0.3) is 0 Å². The van der Waals surface area contributed by atoms with Crippen molar-refractivity contribution in [1.29, 1.82) is 0 Å². The van der Waals surface area contributed by atoms with Crippen LogP contribution in [0.1, 0.15) is 31.4 Å². The van der Waals surface area contributed by atoms with Gasteiger partial charge in [0.05, 0.1) is 25.2 Å². The van der Waals surface area contributed by atoms with Crippen LogP contribution >= 0.6 is 11.6 Å². The Morgan fingerprint density at radius 2 is 1.94 bits per heavy atom. The summed E-state index contributed by atoms with van der Waals surface area (Å²) in [4.78, 5) is 17.9. The molecular weight excluding hydrogens is 480 g/mol. The number of carbonyl (C=O) groups is 1. The van der Waals surface area contributed by atoms with Crippen LogP contribution in [0.3, 0.4) is 0 Å². The number of hydrogen-bond acceptors (Lipinski definition) is 7. The minimum absolute atomic E-state index is 0.0341. The smallest absolute Gasteiger partial charge is 0.310 e. The fraction of sp³-hybridized carbons (Fsp3) is 0.458. The summed E-state index contributed by atoms with van der Waals surface area (Å²) in [5.74, 6) is 0.417. The van der Waals surface area contributed by atoms with Gasteiger partial charge in [0.25, 0.3) is 0 Å². The van der Waals surface area contributed by atoms with Crippen molar-refractivity contribution in [2.75, 3.05) is 33.4 Å². The highest BCUT2D eigenvalue weighted by atomic mass is 35.5. The molecule has 0 amide bonds. The van der Waals surface area contributed by atoms with Gasteiger partial charge in [-0.05, 0) is 61.7 Å². The van der Waals surface area contributed by atoms with E-state index in [9.17, 15) is 13.2 Å². The Bertz CT molecular complexity index is 1110. The van der Waals surface area contributed by atoms with Crippen LogP contribution in [0.5, 0.6) is 11.5 Å². The molecule has 0 unspecified atom stereocenters. The minimum atomic E-state index is -3.75. The van der Waals surface area contributed by atoms with E-state index in [2.05, 4.69) is 0 Å². The van der Waals surface area contributed by atoms with Crippen molar-refractivity contribution < 1.29 is 27.5 Å². The zero-order valence-electron chi connectivity index (χ0n) is 19.2. The minimum Gasteiger partial charge on any atom is -0.466 e. The molecule has 0 radical (unpaired) electrons. The van der Waals surface area contributed by atoms with Gasteiger partial charge in [0.2, 0.25) is 10.0 Å². The van der Waals surface area contributed by atoms with Gasteiger partial charge in [0.1, 0.15) is 16.7 Å². The number of hydroxylamine groups is 2. The van der Waals surface area contributed by atoms with Crippen molar-refractivity contribution in [2.45, 2.75) is 31.1 Å². The van der Waals surface area contributed by atoms with Crippen LogP contribution < -0.4 is 4.74 Å². The molecule has 2 aliphatic rings. The fourth-order valence-electron chi connectivity index (χ4n) is 4.49. The SMILES string of the molecule is CCOC(=O)[C@@H]1CCCN(S(=O)(=O)[C@H]2CON(C)[C@@H]2c2cccc(Oc3ccc(Cl)cc3)c2)C1. The Morgan fingerprint density at radius 1 is 1.18 bits per heavy atom. The van der Waals surface area contributed by atoms with Crippen LogP contribution in [0.2, 0.25) is 5.02 Å². The number of piperidine rings is 1. The van der Waals surface area contributed by atoms with Crippen LogP contribution in [0, 0.1) is 5.92 Å². The second-order valence-electron chi connectivity index (χ2n) is 8.45. The summed E-state index contributed by atoms with van der Waals surface area (Å²) in [6, 6.07) is 13.8. The van der Waals surface area contributed by atoms with Crippen LogP contribution in [0.15, 0.2) is 48.5 Å². The zero-order valence-corrected chi connectivity index (χ0v) is 20.8. The quantitative estimate of drug-likeness (QED) is 0.522. The highest BCUT2D eigenvalue weighted by molar-refractivity contribution is 7.89. The monoisotopic (exact) mass is 508 g/mol. The first-order valence-electron chi connectivity index (χ1n) is 11.3. The first-order chi connectivity index (χ1) is 16.3. The van der Waals surface area contributed by atoms with E-state index >= 15 is 0 Å². The lowest BCUT2D eigenvalue weighted by Gasteiger charge is -2.34. The molecule has 4 rings (SSSR count). The van der Waals surface area contributed by atoms with E-state index in [4.69, 9.17) is 25.9 Å². The zero-order chi connectivity index (χ0) is 24.3. The molecule has 2 aromatic rings. The van der Waals surface area contributed by atoms with Gasteiger partial charge in [-0.25, -0.2) is 12.7 Å². The molecule has 2 aliphatic heterocycles. The molecule has 0 spiro atoms. The van der Waals surface area contributed by atoms with E-state index in [-0.39, 0.29) is 25.7 Å². The Balaban J connectivity index is 1.55. The number of benzene rings is 2. The molecule has 0 aromatic heterocycles. The summed E-state index contributed by atoms with van der Waals surface area (Å²) in [6.45, 7) is 2.57. The highest BCUT2D eigenvalue weighted by Crippen LogP contribution is 2.38. The number of carbonyl (C=O) groups excluding carboxylic acids is 1. The lowest BCUT2D eigenvalue weighted by Crippen LogP contribution is -2.48. The summed E-state index contributed by atoms with van der Waals surface area (Å²) >= 11 is 5.95. The lowest BCUT2D eigenvalue weighted by atomic mass is 10.0. The normalized spacial score (nSPS) is 24.1. The van der Waals surface area contributed by atoms with E-state index in [0.29, 0.717) is 35.9 Å². The summed E-state index contributed by atoms with van der Waals surface area (Å²) in [5, 5.41) is 1.38. The second-order valence-corrected chi connectivity index (χ2v) is 11.0. The van der Waals surface area contributed by atoms with E-state index in [1.807, 2.05) is 24.3 Å². The maximum atomic E-state index is 13.7. The Labute approximate surface area is 205 Å². The van der Waals surface area contributed by atoms with E-state index in [1.54, 1.807) is 43.3 Å². The third-order valence-corrected chi connectivity index (χ3v) is 8.64. The second kappa shape index (κ2) is 10.6. The van der Waals surface area contributed by atoms with Crippen LogP contribution in [-0.4, -0.2) is 62.4 Å². The maximum Gasteiger partial charge on any atom is 0.310 e. The van der Waals surface area contributed by atoms with E-state index in [1.165, 1.54) is 4.31 Å².